The summed E-state index contributed by atoms with van der Waals surface area (Å²) in [7, 11) is 0. The average Bonchev–Trinajstić information content (AvgIpc) is 2.99. The number of amides is 1. The minimum atomic E-state index is -1.01. The maximum absolute atomic E-state index is 11.4. The first-order chi connectivity index (χ1) is 10.9. The van der Waals surface area contributed by atoms with Gasteiger partial charge in [0.05, 0.1) is 29.5 Å². The van der Waals surface area contributed by atoms with Crippen LogP contribution >= 0.6 is 11.3 Å². The molecule has 23 heavy (non-hydrogen) atoms. The number of carbonyl (C=O) groups is 1. The van der Waals surface area contributed by atoms with Gasteiger partial charge >= 0.3 is 0 Å². The molecular formula is C16H25N3O3S. The SMILES string of the molecule is CC(=O)N[C@H]1CC2(CCN(Cc3cscn3)CC2)OC[C@]1(C)O. The van der Waals surface area contributed by atoms with Gasteiger partial charge in [-0.1, -0.05) is 0 Å². The molecule has 7 heteroatoms. The van der Waals surface area contributed by atoms with Gasteiger partial charge < -0.3 is 15.2 Å². The van der Waals surface area contributed by atoms with Crippen LogP contribution in [0.3, 0.4) is 0 Å². The molecule has 0 unspecified atom stereocenters. The van der Waals surface area contributed by atoms with Gasteiger partial charge in [0.2, 0.25) is 5.91 Å². The fourth-order valence-corrected chi connectivity index (χ4v) is 4.06. The van der Waals surface area contributed by atoms with Crippen LogP contribution in [0.25, 0.3) is 0 Å². The van der Waals surface area contributed by atoms with Gasteiger partial charge in [-0.05, 0) is 26.2 Å². The third kappa shape index (κ3) is 3.91. The summed E-state index contributed by atoms with van der Waals surface area (Å²) in [6, 6.07) is -0.251. The Morgan fingerprint density at radius 2 is 2.30 bits per heavy atom. The van der Waals surface area contributed by atoms with Gasteiger partial charge in [0.15, 0.2) is 0 Å². The van der Waals surface area contributed by atoms with Crippen molar-refractivity contribution in [3.8, 4) is 0 Å². The van der Waals surface area contributed by atoms with E-state index in [4.69, 9.17) is 4.74 Å². The topological polar surface area (TPSA) is 74.7 Å². The smallest absolute Gasteiger partial charge is 0.217 e. The van der Waals surface area contributed by atoms with Crippen LogP contribution < -0.4 is 5.32 Å². The molecule has 0 saturated carbocycles. The molecule has 2 saturated heterocycles. The fourth-order valence-electron chi connectivity index (χ4n) is 3.51. The van der Waals surface area contributed by atoms with Crippen molar-refractivity contribution in [1.29, 1.82) is 0 Å². The van der Waals surface area contributed by atoms with Crippen molar-refractivity contribution in [2.45, 2.75) is 56.9 Å². The summed E-state index contributed by atoms with van der Waals surface area (Å²) in [5.41, 5.74) is 1.75. The highest BCUT2D eigenvalue weighted by Crippen LogP contribution is 2.38. The second kappa shape index (κ2) is 6.47. The molecule has 2 fully saturated rings. The molecule has 0 bridgehead atoms. The van der Waals surface area contributed by atoms with E-state index in [1.54, 1.807) is 18.3 Å². The third-order valence-electron chi connectivity index (χ3n) is 5.01. The van der Waals surface area contributed by atoms with Gasteiger partial charge in [0, 0.05) is 31.9 Å². The minimum absolute atomic E-state index is 0.103. The Labute approximate surface area is 140 Å². The number of hydrogen-bond donors (Lipinski definition) is 2. The number of rotatable bonds is 3. The summed E-state index contributed by atoms with van der Waals surface area (Å²) in [6.45, 7) is 6.28. The quantitative estimate of drug-likeness (QED) is 0.864. The summed E-state index contributed by atoms with van der Waals surface area (Å²) in [4.78, 5) is 18.2. The van der Waals surface area contributed by atoms with Crippen LogP contribution in [0.2, 0.25) is 0 Å². The number of carbonyl (C=O) groups excluding carboxylic acids is 1. The zero-order valence-corrected chi connectivity index (χ0v) is 14.6. The van der Waals surface area contributed by atoms with E-state index in [0.717, 1.165) is 38.2 Å². The Bertz CT molecular complexity index is 539. The molecular weight excluding hydrogens is 314 g/mol. The molecule has 2 N–H and O–H groups in total. The lowest BCUT2D eigenvalue weighted by Gasteiger charge is -2.50. The average molecular weight is 339 g/mol. The molecule has 2 aliphatic heterocycles. The monoisotopic (exact) mass is 339 g/mol. The summed E-state index contributed by atoms with van der Waals surface area (Å²) >= 11 is 1.62. The van der Waals surface area contributed by atoms with Gasteiger partial charge in [-0.25, -0.2) is 4.98 Å². The van der Waals surface area contributed by atoms with Crippen LogP contribution in [0.4, 0.5) is 0 Å². The first-order valence-corrected chi connectivity index (χ1v) is 9.06. The van der Waals surface area contributed by atoms with Crippen molar-refractivity contribution in [1.82, 2.24) is 15.2 Å². The van der Waals surface area contributed by atoms with Gasteiger partial charge in [0.25, 0.3) is 0 Å². The van der Waals surface area contributed by atoms with Crippen molar-refractivity contribution in [3.05, 3.63) is 16.6 Å². The Kier molecular flexibility index (Phi) is 4.73. The van der Waals surface area contributed by atoms with Crippen LogP contribution in [0, 0.1) is 0 Å². The number of likely N-dealkylation sites (tertiary alicyclic amines) is 1. The van der Waals surface area contributed by atoms with Crippen LogP contribution in [0.5, 0.6) is 0 Å². The second-order valence-electron chi connectivity index (χ2n) is 7.04. The van der Waals surface area contributed by atoms with Crippen LogP contribution in [-0.2, 0) is 16.1 Å². The summed E-state index contributed by atoms with van der Waals surface area (Å²) in [6.07, 6.45) is 2.51. The number of aromatic nitrogens is 1. The van der Waals surface area contributed by atoms with Crippen LogP contribution in [-0.4, -0.2) is 57.8 Å². The molecule has 6 nitrogen and oxygen atoms in total. The molecule has 2 aliphatic rings. The first kappa shape index (κ1) is 16.8. The Morgan fingerprint density at radius 3 is 2.91 bits per heavy atom. The minimum Gasteiger partial charge on any atom is -0.386 e. The van der Waals surface area contributed by atoms with E-state index in [1.165, 1.54) is 6.92 Å². The second-order valence-corrected chi connectivity index (χ2v) is 7.76. The Hall–Kier alpha value is -1.02. The van der Waals surface area contributed by atoms with Crippen LogP contribution in [0.15, 0.2) is 10.9 Å². The molecule has 2 atom stereocenters. The Morgan fingerprint density at radius 1 is 1.57 bits per heavy atom. The predicted molar refractivity (Wildman–Crippen MR) is 88.2 cm³/mol. The largest absolute Gasteiger partial charge is 0.386 e. The normalized spacial score (nSPS) is 31.2. The highest BCUT2D eigenvalue weighted by Gasteiger charge is 2.48. The molecule has 0 aliphatic carbocycles. The summed E-state index contributed by atoms with van der Waals surface area (Å²) in [5, 5.41) is 15.5. The highest BCUT2D eigenvalue weighted by molar-refractivity contribution is 7.07. The van der Waals surface area contributed by atoms with Crippen molar-refractivity contribution < 1.29 is 14.6 Å². The molecule has 0 radical (unpaired) electrons. The van der Waals surface area contributed by atoms with Crippen molar-refractivity contribution in [3.63, 3.8) is 0 Å². The number of ether oxygens (including phenoxy) is 1. The zero-order chi connectivity index (χ0) is 16.5. The lowest BCUT2D eigenvalue weighted by molar-refractivity contribution is -0.193. The molecule has 1 aromatic rings. The van der Waals surface area contributed by atoms with E-state index in [1.807, 2.05) is 5.51 Å². The van der Waals surface area contributed by atoms with E-state index >= 15 is 0 Å². The maximum Gasteiger partial charge on any atom is 0.217 e. The van der Waals surface area contributed by atoms with E-state index in [0.29, 0.717) is 6.42 Å². The maximum atomic E-state index is 11.4. The Balaban J connectivity index is 1.59. The number of nitrogens with zero attached hydrogens (tertiary/aromatic N) is 2. The van der Waals surface area contributed by atoms with Crippen molar-refractivity contribution in [2.75, 3.05) is 19.7 Å². The lowest BCUT2D eigenvalue weighted by atomic mass is 9.77. The zero-order valence-electron chi connectivity index (χ0n) is 13.7. The van der Waals surface area contributed by atoms with Gasteiger partial charge in [0.1, 0.15) is 5.60 Å². The van der Waals surface area contributed by atoms with E-state index in [2.05, 4.69) is 20.6 Å². The molecule has 128 valence electrons. The molecule has 1 aromatic heterocycles. The molecule has 3 heterocycles. The number of aliphatic hydroxyl groups is 1. The van der Waals surface area contributed by atoms with Crippen molar-refractivity contribution in [2.24, 2.45) is 0 Å². The standard InChI is InChI=1S/C16H25N3O3S/c1-12(20)18-14-7-16(22-10-15(14,2)21)3-5-19(6-4-16)8-13-9-23-11-17-13/h9,11,14,21H,3-8,10H2,1-2H3,(H,18,20)/t14-,15-/m0/s1. The molecule has 3 rings (SSSR count). The van der Waals surface area contributed by atoms with E-state index < -0.39 is 5.60 Å². The third-order valence-corrected chi connectivity index (χ3v) is 5.65. The highest BCUT2D eigenvalue weighted by atomic mass is 32.1. The van der Waals surface area contributed by atoms with Gasteiger partial charge in [-0.3, -0.25) is 9.69 Å². The molecule has 1 amide bonds. The van der Waals surface area contributed by atoms with E-state index in [-0.39, 0.29) is 24.2 Å². The fraction of sp³-hybridized carbons (Fsp3) is 0.750. The summed E-state index contributed by atoms with van der Waals surface area (Å²) < 4.78 is 6.08. The number of hydrogen-bond acceptors (Lipinski definition) is 6. The number of piperidine rings is 1. The molecule has 1 spiro atoms. The number of thiazole rings is 1. The van der Waals surface area contributed by atoms with Gasteiger partial charge in [-0.15, -0.1) is 11.3 Å². The van der Waals surface area contributed by atoms with Gasteiger partial charge in [-0.2, -0.15) is 0 Å². The van der Waals surface area contributed by atoms with Crippen molar-refractivity contribution >= 4 is 17.2 Å². The summed E-state index contributed by atoms with van der Waals surface area (Å²) in [5.74, 6) is -0.103. The predicted octanol–water partition coefficient (Wildman–Crippen LogP) is 1.15. The molecule has 0 aromatic carbocycles. The lowest BCUT2D eigenvalue weighted by Crippen LogP contribution is -2.63. The number of nitrogens with one attached hydrogen (secondary N) is 1. The van der Waals surface area contributed by atoms with Crippen LogP contribution in [0.1, 0.15) is 38.8 Å². The first-order valence-electron chi connectivity index (χ1n) is 8.11. The van der Waals surface area contributed by atoms with E-state index in [9.17, 15) is 9.90 Å².